The zero-order valence-electron chi connectivity index (χ0n) is 10.6. The van der Waals surface area contributed by atoms with E-state index in [0.29, 0.717) is 11.5 Å². The van der Waals surface area contributed by atoms with Crippen LogP contribution in [0.2, 0.25) is 0 Å². The van der Waals surface area contributed by atoms with Crippen molar-refractivity contribution in [1.29, 1.82) is 0 Å². The van der Waals surface area contributed by atoms with Gasteiger partial charge in [-0.2, -0.15) is 0 Å². The molecule has 0 aliphatic carbocycles. The third-order valence-electron chi connectivity index (χ3n) is 2.36. The number of hydrogen-bond donors (Lipinski definition) is 1. The number of ether oxygens (including phenoxy) is 3. The van der Waals surface area contributed by atoms with Crippen LogP contribution in [0.4, 0.5) is 4.79 Å². The highest BCUT2D eigenvalue weighted by atomic mass is 16.7. The van der Waals surface area contributed by atoms with Crippen molar-refractivity contribution in [3.8, 4) is 11.5 Å². The number of rotatable bonds is 6. The first-order chi connectivity index (χ1) is 9.74. The van der Waals surface area contributed by atoms with Crippen molar-refractivity contribution in [2.45, 2.75) is 6.29 Å². The molecule has 1 N–H and O–H groups in total. The van der Waals surface area contributed by atoms with E-state index in [2.05, 4.69) is 4.74 Å². The van der Waals surface area contributed by atoms with E-state index in [1.54, 1.807) is 24.3 Å². The minimum Gasteiger partial charge on any atom is -0.451 e. The largest absolute Gasteiger partial charge is 0.506 e. The van der Waals surface area contributed by atoms with E-state index in [4.69, 9.17) is 14.6 Å². The summed E-state index contributed by atoms with van der Waals surface area (Å²) in [6, 6.07) is 18.0. The standard InChI is InChI=1S/C15H14O5/c16-15(17)18-11-14(19-12-7-3-1-4-8-12)20-13-9-5-2-6-10-13/h1-10,14H,11H2,(H,16,17). The normalized spacial score (nSPS) is 10.1. The molecule has 2 aromatic rings. The van der Waals surface area contributed by atoms with Gasteiger partial charge in [-0.3, -0.25) is 0 Å². The highest BCUT2D eigenvalue weighted by Crippen LogP contribution is 2.16. The Bertz CT molecular complexity index is 485. The zero-order valence-corrected chi connectivity index (χ0v) is 10.6. The Labute approximate surface area is 116 Å². The third-order valence-corrected chi connectivity index (χ3v) is 2.36. The van der Waals surface area contributed by atoms with E-state index in [9.17, 15) is 4.79 Å². The summed E-state index contributed by atoms with van der Waals surface area (Å²) in [6.45, 7) is -0.223. The van der Waals surface area contributed by atoms with Crippen LogP contribution in [0.15, 0.2) is 60.7 Å². The summed E-state index contributed by atoms with van der Waals surface area (Å²) >= 11 is 0. The molecule has 0 aliphatic rings. The van der Waals surface area contributed by atoms with Crippen molar-refractivity contribution in [1.82, 2.24) is 0 Å². The summed E-state index contributed by atoms with van der Waals surface area (Å²) in [7, 11) is 0. The predicted octanol–water partition coefficient (Wildman–Crippen LogP) is 3.17. The molecule has 0 heterocycles. The molecular formula is C15H14O5. The van der Waals surface area contributed by atoms with Crippen LogP contribution in [-0.4, -0.2) is 24.2 Å². The van der Waals surface area contributed by atoms with Crippen LogP contribution in [0, 0.1) is 0 Å². The van der Waals surface area contributed by atoms with Crippen molar-refractivity contribution < 1.29 is 24.1 Å². The number of hydrogen-bond acceptors (Lipinski definition) is 4. The second-order valence-electron chi connectivity index (χ2n) is 3.87. The minimum absolute atomic E-state index is 0.223. The second kappa shape index (κ2) is 7.04. The van der Waals surface area contributed by atoms with Crippen LogP contribution < -0.4 is 9.47 Å². The molecule has 2 aromatic carbocycles. The highest BCUT2D eigenvalue weighted by Gasteiger charge is 2.15. The van der Waals surface area contributed by atoms with Gasteiger partial charge < -0.3 is 19.3 Å². The van der Waals surface area contributed by atoms with Gasteiger partial charge in [0.25, 0.3) is 6.29 Å². The monoisotopic (exact) mass is 274 g/mol. The van der Waals surface area contributed by atoms with Gasteiger partial charge in [0, 0.05) is 0 Å². The number of benzene rings is 2. The maximum absolute atomic E-state index is 10.5. The van der Waals surface area contributed by atoms with Crippen LogP contribution in [-0.2, 0) is 4.74 Å². The second-order valence-corrected chi connectivity index (χ2v) is 3.87. The molecule has 20 heavy (non-hydrogen) atoms. The average molecular weight is 274 g/mol. The van der Waals surface area contributed by atoms with Gasteiger partial charge in [0.05, 0.1) is 0 Å². The minimum atomic E-state index is -1.37. The number of para-hydroxylation sites is 2. The first-order valence-corrected chi connectivity index (χ1v) is 6.03. The summed E-state index contributed by atoms with van der Waals surface area (Å²) in [5.41, 5.74) is 0. The van der Waals surface area contributed by atoms with Crippen LogP contribution in [0.5, 0.6) is 11.5 Å². The lowest BCUT2D eigenvalue weighted by molar-refractivity contribution is -0.0486. The molecule has 0 spiro atoms. The van der Waals surface area contributed by atoms with Crippen molar-refractivity contribution in [2.75, 3.05) is 6.61 Å². The molecule has 0 unspecified atom stereocenters. The van der Waals surface area contributed by atoms with Gasteiger partial charge in [-0.1, -0.05) is 36.4 Å². The number of carboxylic acid groups (broad SMARTS) is 1. The van der Waals surface area contributed by atoms with E-state index in [0.717, 1.165) is 0 Å². The van der Waals surface area contributed by atoms with Gasteiger partial charge >= 0.3 is 6.16 Å². The van der Waals surface area contributed by atoms with Gasteiger partial charge in [0.2, 0.25) is 0 Å². The molecule has 0 atom stereocenters. The van der Waals surface area contributed by atoms with Gasteiger partial charge in [-0.25, -0.2) is 4.79 Å². The molecule has 2 rings (SSSR count). The molecule has 0 fully saturated rings. The SMILES string of the molecule is O=C(O)OCC(Oc1ccccc1)Oc1ccccc1. The van der Waals surface area contributed by atoms with Gasteiger partial charge in [-0.15, -0.1) is 0 Å². The smallest absolute Gasteiger partial charge is 0.451 e. The highest BCUT2D eigenvalue weighted by molar-refractivity contribution is 5.56. The summed E-state index contributed by atoms with van der Waals surface area (Å²) < 4.78 is 15.6. The molecular weight excluding hydrogens is 260 g/mol. The Balaban J connectivity index is 2.02. The molecule has 0 radical (unpaired) electrons. The summed E-state index contributed by atoms with van der Waals surface area (Å²) in [5.74, 6) is 1.14. The Morgan fingerprint density at radius 1 is 0.900 bits per heavy atom. The molecule has 0 amide bonds. The van der Waals surface area contributed by atoms with Crippen molar-refractivity contribution >= 4 is 6.16 Å². The van der Waals surface area contributed by atoms with Crippen LogP contribution in [0.1, 0.15) is 0 Å². The molecule has 0 bridgehead atoms. The molecule has 104 valence electrons. The van der Waals surface area contributed by atoms with Crippen molar-refractivity contribution in [3.63, 3.8) is 0 Å². The Morgan fingerprint density at radius 3 is 1.75 bits per heavy atom. The summed E-state index contributed by atoms with van der Waals surface area (Å²) in [6.07, 6.45) is -2.22. The Kier molecular flexibility index (Phi) is 4.83. The van der Waals surface area contributed by atoms with E-state index < -0.39 is 12.4 Å². The maximum atomic E-state index is 10.5. The first kappa shape index (κ1) is 13.7. The Morgan fingerprint density at radius 2 is 1.35 bits per heavy atom. The van der Waals surface area contributed by atoms with Gasteiger partial charge in [0.15, 0.2) is 6.61 Å². The van der Waals surface area contributed by atoms with Gasteiger partial charge in [-0.05, 0) is 24.3 Å². The van der Waals surface area contributed by atoms with E-state index in [1.165, 1.54) is 0 Å². The summed E-state index contributed by atoms with van der Waals surface area (Å²) in [4.78, 5) is 10.5. The van der Waals surface area contributed by atoms with Crippen molar-refractivity contribution in [2.24, 2.45) is 0 Å². The van der Waals surface area contributed by atoms with E-state index >= 15 is 0 Å². The summed E-state index contributed by atoms with van der Waals surface area (Å²) in [5, 5.41) is 8.56. The fraction of sp³-hybridized carbons (Fsp3) is 0.133. The zero-order chi connectivity index (χ0) is 14.2. The number of carbonyl (C=O) groups is 1. The average Bonchev–Trinajstić information content (AvgIpc) is 2.47. The predicted molar refractivity (Wildman–Crippen MR) is 71.9 cm³/mol. The molecule has 0 saturated carbocycles. The molecule has 0 aliphatic heterocycles. The lowest BCUT2D eigenvalue weighted by Gasteiger charge is -2.19. The molecule has 5 heteroatoms. The lowest BCUT2D eigenvalue weighted by Crippen LogP contribution is -2.30. The van der Waals surface area contributed by atoms with E-state index in [-0.39, 0.29) is 6.61 Å². The Hall–Kier alpha value is -2.69. The molecule has 5 nitrogen and oxygen atoms in total. The molecule has 0 saturated heterocycles. The topological polar surface area (TPSA) is 65.0 Å². The van der Waals surface area contributed by atoms with E-state index in [1.807, 2.05) is 36.4 Å². The fourth-order valence-corrected chi connectivity index (χ4v) is 1.53. The van der Waals surface area contributed by atoms with Crippen molar-refractivity contribution in [3.05, 3.63) is 60.7 Å². The lowest BCUT2D eigenvalue weighted by atomic mass is 10.3. The maximum Gasteiger partial charge on any atom is 0.506 e. The third kappa shape index (κ3) is 4.53. The van der Waals surface area contributed by atoms with Crippen LogP contribution >= 0.6 is 0 Å². The first-order valence-electron chi connectivity index (χ1n) is 6.03. The van der Waals surface area contributed by atoms with Crippen LogP contribution in [0.25, 0.3) is 0 Å². The quantitative estimate of drug-likeness (QED) is 0.647. The van der Waals surface area contributed by atoms with Gasteiger partial charge in [0.1, 0.15) is 11.5 Å². The fourth-order valence-electron chi connectivity index (χ4n) is 1.53. The van der Waals surface area contributed by atoms with Crippen LogP contribution in [0.3, 0.4) is 0 Å². The molecule has 0 aromatic heterocycles.